The first-order chi connectivity index (χ1) is 14.5. The van der Waals surface area contributed by atoms with E-state index in [0.717, 1.165) is 32.1 Å². The summed E-state index contributed by atoms with van der Waals surface area (Å²) in [6.07, 6.45) is 0. The largest absolute Gasteiger partial charge is 0.326 e. The van der Waals surface area contributed by atoms with Gasteiger partial charge in [0, 0.05) is 28.9 Å². The lowest BCUT2D eigenvalue weighted by Gasteiger charge is -2.19. The van der Waals surface area contributed by atoms with Crippen LogP contribution < -0.4 is 11.3 Å². The fourth-order valence-corrected chi connectivity index (χ4v) is 4.16. The van der Waals surface area contributed by atoms with Gasteiger partial charge in [-0.05, 0) is 40.3 Å². The molecule has 2 N–H and O–H groups in total. The van der Waals surface area contributed by atoms with Gasteiger partial charge < -0.3 is 5.73 Å². The lowest BCUT2D eigenvalue weighted by molar-refractivity contribution is 0.100. The van der Waals surface area contributed by atoms with Crippen LogP contribution in [0.4, 0.5) is 0 Å². The van der Waals surface area contributed by atoms with Gasteiger partial charge in [0.15, 0.2) is 5.78 Å². The maximum Gasteiger partial charge on any atom is 0.259 e. The van der Waals surface area contributed by atoms with Gasteiger partial charge in [0.1, 0.15) is 0 Å². The van der Waals surface area contributed by atoms with E-state index in [1.165, 1.54) is 6.92 Å². The number of hydrogen-bond acceptors (Lipinski definition) is 3. The molecule has 0 amide bonds. The summed E-state index contributed by atoms with van der Waals surface area (Å²) < 4.78 is 2.45. The molecule has 158 valence electrons. The Labute approximate surface area is 195 Å². The number of carbonyl (C=O) groups excluding carboxylic acids is 1. The summed E-state index contributed by atoms with van der Waals surface area (Å²) in [5, 5.41) is 1.35. The fourth-order valence-electron chi connectivity index (χ4n) is 3.80. The zero-order valence-corrected chi connectivity index (χ0v) is 19.4. The fraction of sp³-hybridized carbons (Fsp3) is 0.120. The maximum absolute atomic E-state index is 13.5. The Bertz CT molecular complexity index is 1300. The van der Waals surface area contributed by atoms with Gasteiger partial charge in [-0.2, -0.15) is 0 Å². The van der Waals surface area contributed by atoms with Crippen LogP contribution in [0.1, 0.15) is 28.5 Å². The standard InChI is InChI=1S/C25H21BrN2O2.ClH/c1-16(29)24-23(19-5-3-2-4-6-19)22-13-20(26)11-12-21(22)25(30)28(24)15-18-9-7-17(14-27)8-10-18;/h2-13H,14-15,27H2,1H3;1H. The van der Waals surface area contributed by atoms with E-state index in [9.17, 15) is 9.59 Å². The zero-order valence-electron chi connectivity index (χ0n) is 17.0. The number of hydrogen-bond donors (Lipinski definition) is 1. The molecule has 6 heteroatoms. The molecule has 0 atom stereocenters. The van der Waals surface area contributed by atoms with E-state index < -0.39 is 0 Å². The van der Waals surface area contributed by atoms with Crippen molar-refractivity contribution in [3.05, 3.63) is 104 Å². The van der Waals surface area contributed by atoms with Gasteiger partial charge >= 0.3 is 0 Å². The van der Waals surface area contributed by atoms with Crippen LogP contribution in [-0.2, 0) is 13.1 Å². The van der Waals surface area contributed by atoms with E-state index in [2.05, 4.69) is 15.9 Å². The molecule has 3 aromatic carbocycles. The summed E-state index contributed by atoms with van der Waals surface area (Å²) in [6.45, 7) is 2.28. The van der Waals surface area contributed by atoms with Crippen LogP contribution in [0, 0.1) is 0 Å². The van der Waals surface area contributed by atoms with Crippen LogP contribution in [0.5, 0.6) is 0 Å². The molecule has 0 spiro atoms. The molecular weight excluding hydrogens is 476 g/mol. The summed E-state index contributed by atoms with van der Waals surface area (Å²) in [5.74, 6) is -0.147. The lowest BCUT2D eigenvalue weighted by atomic mass is 9.95. The zero-order chi connectivity index (χ0) is 21.3. The molecule has 0 aliphatic heterocycles. The van der Waals surface area contributed by atoms with Gasteiger partial charge in [-0.15, -0.1) is 12.4 Å². The van der Waals surface area contributed by atoms with Gasteiger partial charge in [-0.25, -0.2) is 0 Å². The second-order valence-corrected chi connectivity index (χ2v) is 8.16. The topological polar surface area (TPSA) is 65.1 Å². The Morgan fingerprint density at radius 3 is 2.19 bits per heavy atom. The van der Waals surface area contributed by atoms with Crippen molar-refractivity contribution in [3.8, 4) is 11.1 Å². The summed E-state index contributed by atoms with van der Waals surface area (Å²) in [6, 6.07) is 23.1. The smallest absolute Gasteiger partial charge is 0.259 e. The highest BCUT2D eigenvalue weighted by Crippen LogP contribution is 2.33. The highest BCUT2D eigenvalue weighted by Gasteiger charge is 2.21. The third-order valence-corrected chi connectivity index (χ3v) is 5.72. The summed E-state index contributed by atoms with van der Waals surface area (Å²) in [5.41, 5.74) is 9.57. The quantitative estimate of drug-likeness (QED) is 0.367. The Kier molecular flexibility index (Phi) is 7.11. The van der Waals surface area contributed by atoms with Crippen molar-refractivity contribution in [1.29, 1.82) is 0 Å². The molecule has 0 saturated heterocycles. The number of pyridine rings is 1. The number of fused-ring (bicyclic) bond motifs is 1. The molecule has 1 aromatic heterocycles. The summed E-state index contributed by atoms with van der Waals surface area (Å²) >= 11 is 3.51. The Morgan fingerprint density at radius 2 is 1.58 bits per heavy atom. The van der Waals surface area contributed by atoms with E-state index in [4.69, 9.17) is 5.73 Å². The van der Waals surface area contributed by atoms with Crippen molar-refractivity contribution in [3.63, 3.8) is 0 Å². The molecule has 0 fully saturated rings. The predicted molar refractivity (Wildman–Crippen MR) is 132 cm³/mol. The molecule has 0 saturated carbocycles. The minimum absolute atomic E-state index is 0. The molecule has 0 bridgehead atoms. The number of nitrogens with two attached hydrogens (primary N) is 1. The van der Waals surface area contributed by atoms with Crippen molar-refractivity contribution < 1.29 is 4.79 Å². The van der Waals surface area contributed by atoms with Crippen molar-refractivity contribution >= 4 is 44.9 Å². The number of aromatic nitrogens is 1. The average Bonchev–Trinajstić information content (AvgIpc) is 2.76. The van der Waals surface area contributed by atoms with E-state index in [1.54, 1.807) is 4.57 Å². The molecular formula is C25H22BrClN2O2. The molecule has 4 rings (SSSR count). The SMILES string of the molecule is CC(=O)c1c(-c2ccccc2)c2cc(Br)ccc2c(=O)n1Cc1ccc(CN)cc1.Cl. The van der Waals surface area contributed by atoms with Crippen LogP contribution in [0.15, 0.2) is 82.1 Å². The number of ketones is 1. The predicted octanol–water partition coefficient (Wildman–Crippen LogP) is 5.56. The number of halogens is 2. The second kappa shape index (κ2) is 9.60. The first-order valence-electron chi connectivity index (χ1n) is 9.70. The minimum atomic E-state index is -0.176. The highest BCUT2D eigenvalue weighted by atomic mass is 79.9. The Hall–Kier alpha value is -2.73. The highest BCUT2D eigenvalue weighted by molar-refractivity contribution is 9.10. The molecule has 0 unspecified atom stereocenters. The normalized spacial score (nSPS) is 10.7. The first-order valence-corrected chi connectivity index (χ1v) is 10.5. The number of Topliss-reactive ketones (excluding diaryl/α,β-unsaturated/α-hetero) is 1. The number of nitrogens with zero attached hydrogens (tertiary/aromatic N) is 1. The summed E-state index contributed by atoms with van der Waals surface area (Å²) in [7, 11) is 0. The molecule has 4 aromatic rings. The van der Waals surface area contributed by atoms with Gasteiger partial charge in [-0.1, -0.05) is 70.5 Å². The van der Waals surface area contributed by atoms with E-state index in [-0.39, 0.29) is 23.7 Å². The van der Waals surface area contributed by atoms with Gasteiger partial charge in [-0.3, -0.25) is 14.2 Å². The summed E-state index contributed by atoms with van der Waals surface area (Å²) in [4.78, 5) is 26.3. The average molecular weight is 498 g/mol. The Balaban J connectivity index is 0.00000272. The first kappa shape index (κ1) is 22.9. The van der Waals surface area contributed by atoms with E-state index >= 15 is 0 Å². The molecule has 4 nitrogen and oxygen atoms in total. The minimum Gasteiger partial charge on any atom is -0.326 e. The molecule has 0 aliphatic carbocycles. The van der Waals surface area contributed by atoms with Crippen LogP contribution in [-0.4, -0.2) is 10.4 Å². The number of carbonyl (C=O) groups is 1. The molecule has 1 heterocycles. The van der Waals surface area contributed by atoms with Crippen molar-refractivity contribution in [1.82, 2.24) is 4.57 Å². The van der Waals surface area contributed by atoms with Gasteiger partial charge in [0.25, 0.3) is 5.56 Å². The van der Waals surface area contributed by atoms with E-state index in [1.807, 2.05) is 72.8 Å². The van der Waals surface area contributed by atoms with Crippen molar-refractivity contribution in [2.75, 3.05) is 0 Å². The molecule has 0 radical (unpaired) electrons. The number of benzene rings is 3. The number of rotatable bonds is 5. The monoisotopic (exact) mass is 496 g/mol. The van der Waals surface area contributed by atoms with Crippen molar-refractivity contribution in [2.45, 2.75) is 20.0 Å². The molecule has 31 heavy (non-hydrogen) atoms. The van der Waals surface area contributed by atoms with Crippen LogP contribution in [0.2, 0.25) is 0 Å². The van der Waals surface area contributed by atoms with Crippen LogP contribution in [0.25, 0.3) is 21.9 Å². The van der Waals surface area contributed by atoms with E-state index in [0.29, 0.717) is 24.2 Å². The third kappa shape index (κ3) is 4.49. The third-order valence-electron chi connectivity index (χ3n) is 5.23. The van der Waals surface area contributed by atoms with Crippen LogP contribution >= 0.6 is 28.3 Å². The van der Waals surface area contributed by atoms with Gasteiger partial charge in [0.2, 0.25) is 0 Å². The molecule has 0 aliphatic rings. The van der Waals surface area contributed by atoms with Gasteiger partial charge in [0.05, 0.1) is 12.2 Å². The maximum atomic E-state index is 13.5. The second-order valence-electron chi connectivity index (χ2n) is 7.25. The lowest BCUT2D eigenvalue weighted by Crippen LogP contribution is -2.27. The Morgan fingerprint density at radius 1 is 0.935 bits per heavy atom. The van der Waals surface area contributed by atoms with Crippen molar-refractivity contribution in [2.24, 2.45) is 5.73 Å². The van der Waals surface area contributed by atoms with Crippen LogP contribution in [0.3, 0.4) is 0 Å².